The monoisotopic (exact) mass is 158 g/mol. The summed E-state index contributed by atoms with van der Waals surface area (Å²) in [5.41, 5.74) is 0. The van der Waals surface area contributed by atoms with E-state index in [0.717, 1.165) is 26.1 Å². The van der Waals surface area contributed by atoms with E-state index in [0.29, 0.717) is 5.92 Å². The molecule has 2 heteroatoms. The largest absolute Gasteiger partial charge is 0.350 e. The second kappa shape index (κ2) is 3.55. The van der Waals surface area contributed by atoms with Gasteiger partial charge < -0.3 is 9.47 Å². The standard InChI is InChI=1S/C9H18O2/c1-4-8(2)9(3)10-6-5-7-11-9/h8H,4-7H2,1-3H3. The quantitative estimate of drug-likeness (QED) is 0.613. The molecule has 2 nitrogen and oxygen atoms in total. The Morgan fingerprint density at radius 3 is 2.36 bits per heavy atom. The Kier molecular flexibility index (Phi) is 2.90. The minimum absolute atomic E-state index is 0.312. The highest BCUT2D eigenvalue weighted by Gasteiger charge is 2.33. The van der Waals surface area contributed by atoms with Crippen LogP contribution in [0.25, 0.3) is 0 Å². The van der Waals surface area contributed by atoms with Crippen LogP contribution in [0.15, 0.2) is 0 Å². The van der Waals surface area contributed by atoms with Gasteiger partial charge in [0.05, 0.1) is 13.2 Å². The van der Waals surface area contributed by atoms with Crippen LogP contribution in [0, 0.1) is 5.92 Å². The first-order chi connectivity index (χ1) is 5.19. The molecule has 0 amide bonds. The van der Waals surface area contributed by atoms with E-state index in [9.17, 15) is 0 Å². The molecule has 0 aromatic heterocycles. The predicted molar refractivity (Wildman–Crippen MR) is 44.4 cm³/mol. The van der Waals surface area contributed by atoms with Gasteiger partial charge in [0.1, 0.15) is 0 Å². The van der Waals surface area contributed by atoms with Crippen LogP contribution in [0.2, 0.25) is 0 Å². The molecule has 0 N–H and O–H groups in total. The molecular weight excluding hydrogens is 140 g/mol. The third-order valence-corrected chi connectivity index (χ3v) is 2.57. The second-order valence-electron chi connectivity index (χ2n) is 3.38. The van der Waals surface area contributed by atoms with E-state index in [1.165, 1.54) is 0 Å². The lowest BCUT2D eigenvalue weighted by atomic mass is 9.99. The highest BCUT2D eigenvalue weighted by Crippen LogP contribution is 2.28. The smallest absolute Gasteiger partial charge is 0.167 e. The van der Waals surface area contributed by atoms with Crippen molar-refractivity contribution in [1.82, 2.24) is 0 Å². The van der Waals surface area contributed by atoms with Gasteiger partial charge in [-0.25, -0.2) is 0 Å². The maximum absolute atomic E-state index is 5.60. The zero-order valence-electron chi connectivity index (χ0n) is 7.72. The van der Waals surface area contributed by atoms with Gasteiger partial charge in [0.2, 0.25) is 0 Å². The molecule has 1 unspecified atom stereocenters. The van der Waals surface area contributed by atoms with E-state index >= 15 is 0 Å². The summed E-state index contributed by atoms with van der Waals surface area (Å²) in [6.45, 7) is 8.07. The summed E-state index contributed by atoms with van der Waals surface area (Å²) in [4.78, 5) is 0. The van der Waals surface area contributed by atoms with Crippen molar-refractivity contribution in [2.75, 3.05) is 13.2 Å². The van der Waals surface area contributed by atoms with Gasteiger partial charge in [-0.3, -0.25) is 0 Å². The van der Waals surface area contributed by atoms with Crippen LogP contribution in [0.5, 0.6) is 0 Å². The van der Waals surface area contributed by atoms with E-state index in [2.05, 4.69) is 13.8 Å². The number of hydrogen-bond donors (Lipinski definition) is 0. The fourth-order valence-electron chi connectivity index (χ4n) is 1.31. The van der Waals surface area contributed by atoms with Gasteiger partial charge in [-0.2, -0.15) is 0 Å². The minimum atomic E-state index is -0.312. The summed E-state index contributed by atoms with van der Waals surface area (Å²) in [6.07, 6.45) is 2.14. The lowest BCUT2D eigenvalue weighted by molar-refractivity contribution is -0.280. The van der Waals surface area contributed by atoms with Gasteiger partial charge in [-0.1, -0.05) is 13.8 Å². The molecule has 1 rings (SSSR count). The molecule has 1 saturated heterocycles. The van der Waals surface area contributed by atoms with E-state index in [1.807, 2.05) is 6.92 Å². The summed E-state index contributed by atoms with van der Waals surface area (Å²) >= 11 is 0. The van der Waals surface area contributed by atoms with E-state index in [-0.39, 0.29) is 5.79 Å². The number of ether oxygens (including phenoxy) is 2. The molecule has 1 atom stereocenters. The Morgan fingerprint density at radius 2 is 1.91 bits per heavy atom. The first-order valence-corrected chi connectivity index (χ1v) is 4.47. The van der Waals surface area contributed by atoms with Gasteiger partial charge in [0.25, 0.3) is 0 Å². The van der Waals surface area contributed by atoms with Crippen LogP contribution in [-0.2, 0) is 9.47 Å². The average Bonchev–Trinajstić information content (AvgIpc) is 2.04. The van der Waals surface area contributed by atoms with Gasteiger partial charge in [-0.15, -0.1) is 0 Å². The Hall–Kier alpha value is -0.0800. The Labute approximate surface area is 68.9 Å². The van der Waals surface area contributed by atoms with Gasteiger partial charge in [-0.05, 0) is 19.8 Å². The lowest BCUT2D eigenvalue weighted by Crippen LogP contribution is -2.43. The molecule has 0 bridgehead atoms. The highest BCUT2D eigenvalue weighted by molar-refractivity contribution is 4.72. The van der Waals surface area contributed by atoms with Crippen molar-refractivity contribution < 1.29 is 9.47 Å². The summed E-state index contributed by atoms with van der Waals surface area (Å²) in [6, 6.07) is 0. The molecule has 11 heavy (non-hydrogen) atoms. The predicted octanol–water partition coefficient (Wildman–Crippen LogP) is 2.19. The van der Waals surface area contributed by atoms with E-state index in [4.69, 9.17) is 9.47 Å². The third-order valence-electron chi connectivity index (χ3n) is 2.57. The van der Waals surface area contributed by atoms with E-state index in [1.54, 1.807) is 0 Å². The third kappa shape index (κ3) is 1.94. The molecule has 1 heterocycles. The molecule has 1 aliphatic heterocycles. The van der Waals surface area contributed by atoms with Crippen LogP contribution >= 0.6 is 0 Å². The molecule has 0 saturated carbocycles. The van der Waals surface area contributed by atoms with Crippen molar-refractivity contribution in [2.24, 2.45) is 5.92 Å². The molecule has 0 spiro atoms. The van der Waals surface area contributed by atoms with Crippen molar-refractivity contribution >= 4 is 0 Å². The van der Waals surface area contributed by atoms with Crippen LogP contribution in [0.1, 0.15) is 33.6 Å². The Bertz CT molecular complexity index is 117. The fraction of sp³-hybridized carbons (Fsp3) is 1.00. The molecule has 66 valence electrons. The molecule has 0 aromatic carbocycles. The van der Waals surface area contributed by atoms with Crippen molar-refractivity contribution in [3.63, 3.8) is 0 Å². The van der Waals surface area contributed by atoms with Crippen LogP contribution in [0.4, 0.5) is 0 Å². The molecule has 1 fully saturated rings. The van der Waals surface area contributed by atoms with Gasteiger partial charge in [0, 0.05) is 5.92 Å². The molecular formula is C9H18O2. The zero-order chi connectivity index (χ0) is 8.32. The highest BCUT2D eigenvalue weighted by atomic mass is 16.7. The van der Waals surface area contributed by atoms with Crippen LogP contribution in [-0.4, -0.2) is 19.0 Å². The topological polar surface area (TPSA) is 18.5 Å². The first-order valence-electron chi connectivity index (χ1n) is 4.47. The number of hydrogen-bond acceptors (Lipinski definition) is 2. The fourth-order valence-corrected chi connectivity index (χ4v) is 1.31. The molecule has 0 aromatic rings. The SMILES string of the molecule is CCC(C)C1(C)OCCCO1. The normalized spacial score (nSPS) is 26.5. The van der Waals surface area contributed by atoms with Gasteiger partial charge in [0.15, 0.2) is 5.79 Å². The maximum Gasteiger partial charge on any atom is 0.167 e. The van der Waals surface area contributed by atoms with E-state index < -0.39 is 0 Å². The maximum atomic E-state index is 5.60. The number of rotatable bonds is 2. The van der Waals surface area contributed by atoms with Crippen LogP contribution < -0.4 is 0 Å². The Morgan fingerprint density at radius 1 is 1.36 bits per heavy atom. The molecule has 1 aliphatic rings. The summed E-state index contributed by atoms with van der Waals surface area (Å²) in [5.74, 6) is 0.176. The van der Waals surface area contributed by atoms with Gasteiger partial charge >= 0.3 is 0 Å². The lowest BCUT2D eigenvalue weighted by Gasteiger charge is -2.38. The second-order valence-corrected chi connectivity index (χ2v) is 3.38. The zero-order valence-corrected chi connectivity index (χ0v) is 7.72. The molecule has 0 radical (unpaired) electrons. The average molecular weight is 158 g/mol. The summed E-state index contributed by atoms with van der Waals surface area (Å²) in [7, 11) is 0. The van der Waals surface area contributed by atoms with Crippen molar-refractivity contribution in [3.8, 4) is 0 Å². The van der Waals surface area contributed by atoms with Crippen molar-refractivity contribution in [2.45, 2.75) is 39.4 Å². The van der Waals surface area contributed by atoms with Crippen LogP contribution in [0.3, 0.4) is 0 Å². The van der Waals surface area contributed by atoms with Crippen molar-refractivity contribution in [1.29, 1.82) is 0 Å². The molecule has 0 aliphatic carbocycles. The van der Waals surface area contributed by atoms with Crippen molar-refractivity contribution in [3.05, 3.63) is 0 Å². The summed E-state index contributed by atoms with van der Waals surface area (Å²) in [5, 5.41) is 0. The Balaban J connectivity index is 2.49. The summed E-state index contributed by atoms with van der Waals surface area (Å²) < 4.78 is 11.2. The first kappa shape index (κ1) is 9.01. The minimum Gasteiger partial charge on any atom is -0.350 e.